The number of aryl methyl sites for hydroxylation is 1. The van der Waals surface area contributed by atoms with E-state index in [0.717, 1.165) is 26.8 Å². The Hall–Kier alpha value is -3.35. The zero-order valence-electron chi connectivity index (χ0n) is 14.8. The van der Waals surface area contributed by atoms with Crippen LogP contribution in [0.4, 0.5) is 0 Å². The van der Waals surface area contributed by atoms with Crippen molar-refractivity contribution in [2.45, 2.75) is 6.92 Å². The number of fused-ring (bicyclic) bond motifs is 1. The second-order valence-corrected chi connectivity index (χ2v) is 6.93. The van der Waals surface area contributed by atoms with Gasteiger partial charge in [-0.15, -0.1) is 0 Å². The summed E-state index contributed by atoms with van der Waals surface area (Å²) in [6, 6.07) is 14.0. The first-order valence-electron chi connectivity index (χ1n) is 7.98. The molecule has 2 heterocycles. The van der Waals surface area contributed by atoms with Crippen LogP contribution in [0.3, 0.4) is 0 Å². The third-order valence-corrected chi connectivity index (χ3v) is 5.09. The molecule has 26 heavy (non-hydrogen) atoms. The number of aromatic nitrogens is 2. The predicted octanol–water partition coefficient (Wildman–Crippen LogP) is 4.25. The van der Waals surface area contributed by atoms with Crippen molar-refractivity contribution in [3.63, 3.8) is 0 Å². The van der Waals surface area contributed by atoms with Crippen LogP contribution >= 0.6 is 11.3 Å². The van der Waals surface area contributed by atoms with Gasteiger partial charge in [0.25, 0.3) is 0 Å². The van der Waals surface area contributed by atoms with E-state index in [4.69, 9.17) is 4.98 Å². The number of allylic oxidation sites excluding steroid dienone is 3. The zero-order chi connectivity index (χ0) is 18.7. The van der Waals surface area contributed by atoms with E-state index in [1.54, 1.807) is 6.08 Å². The average Bonchev–Trinajstić information content (AvgIpc) is 3.19. The van der Waals surface area contributed by atoms with E-state index in [0.29, 0.717) is 5.57 Å². The minimum absolute atomic E-state index is 0.0963. The molecule has 0 radical (unpaired) electrons. The number of imidazole rings is 1. The summed E-state index contributed by atoms with van der Waals surface area (Å²) in [4.78, 5) is 8.29. The molecule has 0 amide bonds. The first-order valence-corrected chi connectivity index (χ1v) is 8.80. The fraction of sp³-hybridized carbons (Fsp3) is 0.150. The molecule has 0 N–H and O–H groups in total. The van der Waals surface area contributed by atoms with Crippen molar-refractivity contribution < 1.29 is 0 Å². The summed E-state index contributed by atoms with van der Waals surface area (Å²) in [7, 11) is 3.79. The van der Waals surface area contributed by atoms with Crippen LogP contribution in [0.5, 0.6) is 0 Å². The summed E-state index contributed by atoms with van der Waals surface area (Å²) < 4.78 is 2.01. The Morgan fingerprint density at radius 1 is 1.19 bits per heavy atom. The first kappa shape index (κ1) is 17.5. The predicted molar refractivity (Wildman–Crippen MR) is 104 cm³/mol. The van der Waals surface area contributed by atoms with Crippen LogP contribution in [-0.2, 0) is 0 Å². The van der Waals surface area contributed by atoms with Crippen molar-refractivity contribution in [1.29, 1.82) is 10.5 Å². The molecule has 5 nitrogen and oxygen atoms in total. The van der Waals surface area contributed by atoms with Crippen LogP contribution in [0.25, 0.3) is 21.8 Å². The number of nitriles is 2. The van der Waals surface area contributed by atoms with Gasteiger partial charge in [0.1, 0.15) is 17.7 Å². The fourth-order valence-electron chi connectivity index (χ4n) is 2.59. The molecule has 0 aliphatic carbocycles. The van der Waals surface area contributed by atoms with Crippen LogP contribution < -0.4 is 0 Å². The Morgan fingerprint density at radius 2 is 1.88 bits per heavy atom. The molecule has 128 valence electrons. The normalized spacial score (nSPS) is 10.7. The van der Waals surface area contributed by atoms with Gasteiger partial charge in [0, 0.05) is 37.1 Å². The number of thiazole rings is 1. The standard InChI is InChI=1S/C20H17N5S/c1-14-19(17(9-10-24(2)3)16(11-21)12-22)26-20-23-18(13-25(14)20)15-7-5-4-6-8-15/h4-10,13H,1-3H3/b10-9+. The molecular formula is C20H17N5S. The number of hydrogen-bond donors (Lipinski definition) is 0. The smallest absolute Gasteiger partial charge is 0.195 e. The van der Waals surface area contributed by atoms with Gasteiger partial charge in [-0.1, -0.05) is 41.7 Å². The minimum atomic E-state index is 0.0963. The van der Waals surface area contributed by atoms with Crippen molar-refractivity contribution in [3.05, 3.63) is 64.9 Å². The molecule has 6 heteroatoms. The average molecular weight is 359 g/mol. The Bertz CT molecular complexity index is 1070. The van der Waals surface area contributed by atoms with E-state index < -0.39 is 0 Å². The monoisotopic (exact) mass is 359 g/mol. The van der Waals surface area contributed by atoms with Gasteiger partial charge in [-0.05, 0) is 19.2 Å². The topological polar surface area (TPSA) is 68.1 Å². The van der Waals surface area contributed by atoms with Gasteiger partial charge in [-0.3, -0.25) is 4.40 Å². The maximum atomic E-state index is 9.34. The van der Waals surface area contributed by atoms with Crippen molar-refractivity contribution >= 4 is 21.9 Å². The lowest BCUT2D eigenvalue weighted by Crippen LogP contribution is -2.00. The van der Waals surface area contributed by atoms with Crippen molar-refractivity contribution in [1.82, 2.24) is 14.3 Å². The van der Waals surface area contributed by atoms with Gasteiger partial charge >= 0.3 is 0 Å². The number of nitrogens with zero attached hydrogens (tertiary/aromatic N) is 5. The molecule has 0 aliphatic heterocycles. The second-order valence-electron chi connectivity index (χ2n) is 5.95. The maximum absolute atomic E-state index is 9.34. The van der Waals surface area contributed by atoms with Gasteiger partial charge in [-0.25, -0.2) is 4.98 Å². The van der Waals surface area contributed by atoms with Crippen molar-refractivity contribution in [2.75, 3.05) is 14.1 Å². The molecule has 0 unspecified atom stereocenters. The first-order chi connectivity index (χ1) is 12.5. The summed E-state index contributed by atoms with van der Waals surface area (Å²) in [5.41, 5.74) is 3.64. The number of rotatable bonds is 4. The third-order valence-electron chi connectivity index (χ3n) is 3.90. The molecule has 0 saturated carbocycles. The fourth-order valence-corrected chi connectivity index (χ4v) is 3.73. The molecular weight excluding hydrogens is 342 g/mol. The molecule has 2 aromatic heterocycles. The summed E-state index contributed by atoms with van der Waals surface area (Å²) in [6.07, 6.45) is 5.63. The SMILES string of the molecule is Cc1c(C(/C=C/N(C)C)=C(C#N)C#N)sc2nc(-c3ccccc3)cn12. The molecule has 0 saturated heterocycles. The highest BCUT2D eigenvalue weighted by molar-refractivity contribution is 7.18. The highest BCUT2D eigenvalue weighted by Gasteiger charge is 2.17. The van der Waals surface area contributed by atoms with Crippen LogP contribution in [0, 0.1) is 29.6 Å². The molecule has 0 atom stereocenters. The number of hydrogen-bond acceptors (Lipinski definition) is 5. The molecule has 0 aliphatic rings. The summed E-state index contributed by atoms with van der Waals surface area (Å²) in [6.45, 7) is 1.98. The van der Waals surface area contributed by atoms with Crippen LogP contribution in [0.1, 0.15) is 10.6 Å². The summed E-state index contributed by atoms with van der Waals surface area (Å²) in [5.74, 6) is 0. The summed E-state index contributed by atoms with van der Waals surface area (Å²) in [5, 5.41) is 18.7. The largest absolute Gasteiger partial charge is 0.383 e. The van der Waals surface area contributed by atoms with Crippen LogP contribution in [0.2, 0.25) is 0 Å². The molecule has 0 spiro atoms. The van der Waals surface area contributed by atoms with E-state index in [1.165, 1.54) is 11.3 Å². The summed E-state index contributed by atoms with van der Waals surface area (Å²) >= 11 is 1.48. The second kappa shape index (κ2) is 7.26. The Kier molecular flexibility index (Phi) is 4.88. The van der Waals surface area contributed by atoms with Gasteiger partial charge in [0.05, 0.1) is 10.6 Å². The maximum Gasteiger partial charge on any atom is 0.195 e. The van der Waals surface area contributed by atoms with Crippen LogP contribution in [-0.4, -0.2) is 28.4 Å². The van der Waals surface area contributed by atoms with Crippen LogP contribution in [0.15, 0.2) is 54.4 Å². The van der Waals surface area contributed by atoms with E-state index in [9.17, 15) is 10.5 Å². The van der Waals surface area contributed by atoms with E-state index in [1.807, 2.05) is 85.2 Å². The van der Waals surface area contributed by atoms with Gasteiger partial charge in [0.15, 0.2) is 4.96 Å². The zero-order valence-corrected chi connectivity index (χ0v) is 15.6. The lowest BCUT2D eigenvalue weighted by Gasteiger charge is -2.06. The number of benzene rings is 1. The highest BCUT2D eigenvalue weighted by atomic mass is 32.1. The van der Waals surface area contributed by atoms with E-state index >= 15 is 0 Å². The lowest BCUT2D eigenvalue weighted by molar-refractivity contribution is 0.564. The van der Waals surface area contributed by atoms with Gasteiger partial charge in [-0.2, -0.15) is 10.5 Å². The molecule has 3 aromatic rings. The Morgan fingerprint density at radius 3 is 2.46 bits per heavy atom. The quantitative estimate of drug-likeness (QED) is 0.516. The lowest BCUT2D eigenvalue weighted by atomic mass is 10.1. The molecule has 0 bridgehead atoms. The third kappa shape index (κ3) is 3.23. The van der Waals surface area contributed by atoms with E-state index in [2.05, 4.69) is 0 Å². The van der Waals surface area contributed by atoms with Crippen molar-refractivity contribution in [2.24, 2.45) is 0 Å². The Balaban J connectivity index is 2.14. The molecule has 1 aromatic carbocycles. The van der Waals surface area contributed by atoms with E-state index in [-0.39, 0.29) is 5.57 Å². The minimum Gasteiger partial charge on any atom is -0.383 e. The van der Waals surface area contributed by atoms with Crippen molar-refractivity contribution in [3.8, 4) is 23.4 Å². The van der Waals surface area contributed by atoms with Gasteiger partial charge < -0.3 is 4.90 Å². The Labute approximate surface area is 156 Å². The molecule has 3 rings (SSSR count). The molecule has 0 fully saturated rings. The van der Waals surface area contributed by atoms with Gasteiger partial charge in [0.2, 0.25) is 0 Å². The highest BCUT2D eigenvalue weighted by Crippen LogP contribution is 2.33.